The van der Waals surface area contributed by atoms with E-state index >= 15 is 0 Å². The first kappa shape index (κ1) is 19.4. The maximum Gasteiger partial charge on any atom is 0.255 e. The van der Waals surface area contributed by atoms with Crippen LogP contribution < -0.4 is 15.4 Å². The number of nitrogens with one attached hydrogen (secondary N) is 2. The molecule has 1 aromatic carbocycles. The summed E-state index contributed by atoms with van der Waals surface area (Å²) in [6, 6.07) is 11.4. The van der Waals surface area contributed by atoms with Gasteiger partial charge >= 0.3 is 0 Å². The highest BCUT2D eigenvalue weighted by Crippen LogP contribution is 2.19. The summed E-state index contributed by atoms with van der Waals surface area (Å²) in [7, 11) is 0. The molecule has 0 saturated carbocycles. The molecule has 1 saturated heterocycles. The molecule has 29 heavy (non-hydrogen) atoms. The molecule has 2 aromatic heterocycles. The number of rotatable bonds is 7. The van der Waals surface area contributed by atoms with Crippen LogP contribution in [-0.2, 0) is 6.61 Å². The monoisotopic (exact) mass is 393 g/mol. The minimum absolute atomic E-state index is 0.110. The van der Waals surface area contributed by atoms with Gasteiger partial charge in [-0.1, -0.05) is 18.2 Å². The molecular formula is C22H27N5O2. The number of hydrogen-bond acceptors (Lipinski definition) is 5. The van der Waals surface area contributed by atoms with Gasteiger partial charge < -0.3 is 19.8 Å². The number of pyridine rings is 1. The van der Waals surface area contributed by atoms with E-state index in [2.05, 4.69) is 20.5 Å². The van der Waals surface area contributed by atoms with Gasteiger partial charge in [-0.25, -0.2) is 4.98 Å². The number of carbonyl (C=O) groups excluding carboxylic acids is 1. The first-order valence-electron chi connectivity index (χ1n) is 10.1. The second-order valence-corrected chi connectivity index (χ2v) is 7.34. The third kappa shape index (κ3) is 4.93. The number of fused-ring (bicyclic) bond motifs is 1. The van der Waals surface area contributed by atoms with Crippen LogP contribution in [0.2, 0.25) is 0 Å². The molecule has 2 N–H and O–H groups in total. The Hall–Kier alpha value is -2.90. The SMILES string of the molecule is Cc1ccc2nc(COc3ccccc3C(=O)NCCN3CCNCC3)cn2c1. The number of imidazole rings is 1. The first-order valence-corrected chi connectivity index (χ1v) is 10.1. The summed E-state index contributed by atoms with van der Waals surface area (Å²) in [6.45, 7) is 7.90. The molecule has 7 heteroatoms. The van der Waals surface area contributed by atoms with E-state index in [-0.39, 0.29) is 5.91 Å². The number of para-hydroxylation sites is 1. The fourth-order valence-corrected chi connectivity index (χ4v) is 3.51. The van der Waals surface area contributed by atoms with Crippen molar-refractivity contribution >= 4 is 11.6 Å². The van der Waals surface area contributed by atoms with Crippen LogP contribution in [0.1, 0.15) is 21.6 Å². The fraction of sp³-hybridized carbons (Fsp3) is 0.364. The largest absolute Gasteiger partial charge is 0.486 e. The number of amides is 1. The van der Waals surface area contributed by atoms with Gasteiger partial charge in [0.25, 0.3) is 5.91 Å². The van der Waals surface area contributed by atoms with Crippen LogP contribution in [0.4, 0.5) is 0 Å². The predicted octanol–water partition coefficient (Wildman–Crippen LogP) is 1.86. The van der Waals surface area contributed by atoms with Crippen molar-refractivity contribution in [3.63, 3.8) is 0 Å². The number of benzene rings is 1. The van der Waals surface area contributed by atoms with Gasteiger partial charge in [-0.2, -0.15) is 0 Å². The molecule has 0 aliphatic carbocycles. The van der Waals surface area contributed by atoms with Gasteiger partial charge in [0.15, 0.2) is 0 Å². The summed E-state index contributed by atoms with van der Waals surface area (Å²) < 4.78 is 7.93. The van der Waals surface area contributed by atoms with Crippen molar-refractivity contribution in [1.29, 1.82) is 0 Å². The van der Waals surface area contributed by atoms with E-state index in [0.29, 0.717) is 24.5 Å². The van der Waals surface area contributed by atoms with E-state index in [0.717, 1.165) is 44.1 Å². The number of carbonyl (C=O) groups is 1. The molecule has 0 radical (unpaired) electrons. The van der Waals surface area contributed by atoms with Crippen LogP contribution in [-0.4, -0.2) is 59.5 Å². The summed E-state index contributed by atoms with van der Waals surface area (Å²) in [5.41, 5.74) is 3.43. The van der Waals surface area contributed by atoms with Gasteiger partial charge in [0.2, 0.25) is 0 Å². The van der Waals surface area contributed by atoms with E-state index < -0.39 is 0 Å². The zero-order valence-electron chi connectivity index (χ0n) is 16.7. The smallest absolute Gasteiger partial charge is 0.255 e. The lowest BCUT2D eigenvalue weighted by atomic mass is 10.2. The summed E-state index contributed by atoms with van der Waals surface area (Å²) in [5, 5.41) is 6.35. The van der Waals surface area contributed by atoms with E-state index in [9.17, 15) is 4.79 Å². The Morgan fingerprint density at radius 3 is 2.86 bits per heavy atom. The van der Waals surface area contributed by atoms with Gasteiger partial charge in [0.05, 0.1) is 11.3 Å². The van der Waals surface area contributed by atoms with Crippen molar-refractivity contribution < 1.29 is 9.53 Å². The fourth-order valence-electron chi connectivity index (χ4n) is 3.51. The minimum Gasteiger partial charge on any atom is -0.486 e. The maximum atomic E-state index is 12.7. The van der Waals surface area contributed by atoms with Crippen LogP contribution in [0.5, 0.6) is 5.75 Å². The number of hydrogen-bond donors (Lipinski definition) is 2. The first-order chi connectivity index (χ1) is 14.2. The van der Waals surface area contributed by atoms with Gasteiger partial charge in [-0.3, -0.25) is 9.69 Å². The van der Waals surface area contributed by atoms with Gasteiger partial charge in [-0.15, -0.1) is 0 Å². The predicted molar refractivity (Wildman–Crippen MR) is 112 cm³/mol. The average molecular weight is 393 g/mol. The molecule has 3 heterocycles. The van der Waals surface area contributed by atoms with Crippen molar-refractivity contribution in [3.05, 3.63) is 65.6 Å². The van der Waals surface area contributed by atoms with Gasteiger partial charge in [-0.05, 0) is 30.7 Å². The Labute approximate surface area is 170 Å². The molecule has 0 unspecified atom stereocenters. The van der Waals surface area contributed by atoms with Crippen molar-refractivity contribution in [1.82, 2.24) is 24.9 Å². The Bertz CT molecular complexity index is 978. The van der Waals surface area contributed by atoms with Crippen LogP contribution in [0, 0.1) is 6.92 Å². The summed E-state index contributed by atoms with van der Waals surface area (Å²) in [4.78, 5) is 19.6. The molecule has 0 atom stereocenters. The third-order valence-corrected chi connectivity index (χ3v) is 5.08. The zero-order chi connectivity index (χ0) is 20.1. The Morgan fingerprint density at radius 1 is 1.17 bits per heavy atom. The number of aryl methyl sites for hydroxylation is 1. The van der Waals surface area contributed by atoms with Crippen LogP contribution in [0.3, 0.4) is 0 Å². The molecule has 7 nitrogen and oxygen atoms in total. The summed E-state index contributed by atoms with van der Waals surface area (Å²) in [5.74, 6) is 0.460. The molecule has 1 aliphatic heterocycles. The lowest BCUT2D eigenvalue weighted by Gasteiger charge is -2.27. The van der Waals surface area contributed by atoms with Crippen molar-refractivity contribution in [3.8, 4) is 5.75 Å². The highest BCUT2D eigenvalue weighted by Gasteiger charge is 2.14. The van der Waals surface area contributed by atoms with Crippen molar-refractivity contribution in [2.24, 2.45) is 0 Å². The minimum atomic E-state index is -0.110. The topological polar surface area (TPSA) is 70.9 Å². The Morgan fingerprint density at radius 2 is 2.00 bits per heavy atom. The maximum absolute atomic E-state index is 12.7. The van der Waals surface area contributed by atoms with Crippen molar-refractivity contribution in [2.45, 2.75) is 13.5 Å². The third-order valence-electron chi connectivity index (χ3n) is 5.08. The molecule has 1 fully saturated rings. The molecule has 1 amide bonds. The lowest BCUT2D eigenvalue weighted by Crippen LogP contribution is -2.46. The second-order valence-electron chi connectivity index (χ2n) is 7.34. The summed E-state index contributed by atoms with van der Waals surface area (Å²) >= 11 is 0. The Kier molecular flexibility index (Phi) is 6.07. The van der Waals surface area contributed by atoms with Crippen LogP contribution in [0.25, 0.3) is 5.65 Å². The van der Waals surface area contributed by atoms with E-state index in [4.69, 9.17) is 4.74 Å². The highest BCUT2D eigenvalue weighted by molar-refractivity contribution is 5.96. The van der Waals surface area contributed by atoms with Crippen molar-refractivity contribution in [2.75, 3.05) is 39.3 Å². The lowest BCUT2D eigenvalue weighted by molar-refractivity contribution is 0.0942. The molecule has 0 spiro atoms. The van der Waals surface area contributed by atoms with Gasteiger partial charge in [0, 0.05) is 51.7 Å². The molecule has 0 bridgehead atoms. The molecular weight excluding hydrogens is 366 g/mol. The Balaban J connectivity index is 1.36. The normalized spacial score (nSPS) is 14.8. The molecule has 152 valence electrons. The van der Waals surface area contributed by atoms with E-state index in [1.807, 2.05) is 54.0 Å². The number of nitrogens with zero attached hydrogens (tertiary/aromatic N) is 3. The zero-order valence-corrected chi connectivity index (χ0v) is 16.7. The van der Waals surface area contributed by atoms with Crippen LogP contribution in [0.15, 0.2) is 48.8 Å². The summed E-state index contributed by atoms with van der Waals surface area (Å²) in [6.07, 6.45) is 3.99. The highest BCUT2D eigenvalue weighted by atomic mass is 16.5. The van der Waals surface area contributed by atoms with E-state index in [1.165, 1.54) is 5.56 Å². The number of aromatic nitrogens is 2. The molecule has 4 rings (SSSR count). The van der Waals surface area contributed by atoms with Gasteiger partial charge in [0.1, 0.15) is 18.0 Å². The number of piperazine rings is 1. The van der Waals surface area contributed by atoms with E-state index in [1.54, 1.807) is 6.07 Å². The average Bonchev–Trinajstić information content (AvgIpc) is 3.15. The number of ether oxygens (including phenoxy) is 1. The second kappa shape index (κ2) is 9.07. The standard InChI is InChI=1S/C22H27N5O2/c1-17-6-7-21-25-18(15-27(21)14-17)16-29-20-5-3-2-4-19(20)22(28)24-10-13-26-11-8-23-9-12-26/h2-7,14-15,23H,8-13,16H2,1H3,(H,24,28). The quantitative estimate of drug-likeness (QED) is 0.641. The molecule has 3 aromatic rings. The molecule has 1 aliphatic rings. The van der Waals surface area contributed by atoms with Crippen LogP contribution >= 0.6 is 0 Å².